The molecule has 4 aliphatic heterocycles. The molecule has 11 nitrogen and oxygen atoms in total. The smallest absolute Gasteiger partial charge is 0.300 e. The van der Waals surface area contributed by atoms with Gasteiger partial charge in [0.15, 0.2) is 12.1 Å². The maximum atomic E-state index is 12.8. The van der Waals surface area contributed by atoms with Crippen LogP contribution < -0.4 is 5.32 Å². The van der Waals surface area contributed by atoms with E-state index in [9.17, 15) is 14.4 Å². The van der Waals surface area contributed by atoms with Crippen LogP contribution in [0.15, 0.2) is 0 Å². The minimum absolute atomic E-state index is 0.0597. The van der Waals surface area contributed by atoms with E-state index in [1.165, 1.54) is 0 Å². The highest BCUT2D eigenvalue weighted by Gasteiger charge is 2.55. The Labute approximate surface area is 212 Å². The van der Waals surface area contributed by atoms with Crippen LogP contribution in [-0.4, -0.2) is 103 Å². The molecule has 4 rings (SSSR count). The molecule has 4 saturated heterocycles. The number of ether oxygens (including phenoxy) is 4. The van der Waals surface area contributed by atoms with Gasteiger partial charge >= 0.3 is 6.17 Å². The number of carbonyl (C=O) groups excluding carboxylic acids is 3. The van der Waals surface area contributed by atoms with E-state index >= 15 is 0 Å². The zero-order valence-corrected chi connectivity index (χ0v) is 21.7. The Hall–Kier alpha value is -2.10. The fourth-order valence-electron chi connectivity index (χ4n) is 5.57. The number of hydrogen-bond acceptors (Lipinski definition) is 8. The first-order valence-corrected chi connectivity index (χ1v) is 12.8. The molecule has 0 aromatic carbocycles. The normalized spacial score (nSPS) is 32.8. The minimum atomic E-state index is -0.750. The Bertz CT molecular complexity index is 895. The molecule has 4 heterocycles. The summed E-state index contributed by atoms with van der Waals surface area (Å²) in [7, 11) is 1.54. The van der Waals surface area contributed by atoms with Crippen LogP contribution >= 0.6 is 0 Å². The Morgan fingerprint density at radius 1 is 1.11 bits per heavy atom. The van der Waals surface area contributed by atoms with Gasteiger partial charge in [-0.05, 0) is 46.5 Å². The molecule has 0 unspecified atom stereocenters. The molecule has 0 radical (unpaired) electrons. The fraction of sp³-hybridized carbons (Fsp3) is 0.840. The Morgan fingerprint density at radius 3 is 2.47 bits per heavy atom. The molecular weight excluding hydrogens is 468 g/mol. The zero-order chi connectivity index (χ0) is 26.1. The van der Waals surface area contributed by atoms with Gasteiger partial charge in [-0.15, -0.1) is 0 Å². The van der Waals surface area contributed by atoms with E-state index in [1.807, 2.05) is 20.8 Å². The highest BCUT2D eigenvalue weighted by atomic mass is 16.8. The van der Waals surface area contributed by atoms with Crippen LogP contribution in [0, 0.1) is 6.57 Å². The summed E-state index contributed by atoms with van der Waals surface area (Å²) < 4.78 is 23.1. The molecule has 5 atom stereocenters. The van der Waals surface area contributed by atoms with Crippen LogP contribution in [0.25, 0.3) is 4.85 Å². The van der Waals surface area contributed by atoms with Gasteiger partial charge in [-0.2, -0.15) is 0 Å². The lowest BCUT2D eigenvalue weighted by atomic mass is 9.89. The van der Waals surface area contributed by atoms with Crippen molar-refractivity contribution in [3.05, 3.63) is 11.4 Å². The van der Waals surface area contributed by atoms with Crippen LogP contribution in [0.4, 0.5) is 0 Å². The van der Waals surface area contributed by atoms with Crippen LogP contribution in [0.5, 0.6) is 0 Å². The average molecular weight is 507 g/mol. The number of piperidine rings is 1. The summed E-state index contributed by atoms with van der Waals surface area (Å²) >= 11 is 0. The average Bonchev–Trinajstić information content (AvgIpc) is 3.54. The summed E-state index contributed by atoms with van der Waals surface area (Å²) in [5, 5.41) is 3.34. The van der Waals surface area contributed by atoms with Gasteiger partial charge < -0.3 is 29.2 Å². The van der Waals surface area contributed by atoms with Crippen molar-refractivity contribution in [2.24, 2.45) is 0 Å². The second kappa shape index (κ2) is 10.7. The van der Waals surface area contributed by atoms with Crippen LogP contribution in [0.2, 0.25) is 0 Å². The number of hydrogen-bond donors (Lipinski definition) is 1. The first kappa shape index (κ1) is 26.9. The van der Waals surface area contributed by atoms with E-state index in [1.54, 1.807) is 16.9 Å². The van der Waals surface area contributed by atoms with Crippen molar-refractivity contribution in [3.63, 3.8) is 0 Å². The van der Waals surface area contributed by atoms with Gasteiger partial charge in [-0.1, -0.05) is 0 Å². The summed E-state index contributed by atoms with van der Waals surface area (Å²) in [6.45, 7) is 14.6. The third-order valence-corrected chi connectivity index (χ3v) is 7.75. The number of fused-ring (bicyclic) bond motifs is 1. The molecule has 4 fully saturated rings. The van der Waals surface area contributed by atoms with Crippen molar-refractivity contribution in [2.75, 3.05) is 33.3 Å². The molecule has 0 spiro atoms. The first-order valence-electron chi connectivity index (χ1n) is 12.8. The lowest BCUT2D eigenvalue weighted by molar-refractivity contribution is -0.227. The van der Waals surface area contributed by atoms with Crippen molar-refractivity contribution in [1.82, 2.24) is 15.1 Å². The second-order valence-electron chi connectivity index (χ2n) is 10.9. The van der Waals surface area contributed by atoms with Gasteiger partial charge in [0, 0.05) is 45.1 Å². The summed E-state index contributed by atoms with van der Waals surface area (Å²) in [6, 6.07) is 0. The van der Waals surface area contributed by atoms with Crippen molar-refractivity contribution in [2.45, 2.75) is 101 Å². The molecule has 11 heteroatoms. The van der Waals surface area contributed by atoms with Gasteiger partial charge in [-0.3, -0.25) is 24.1 Å². The maximum Gasteiger partial charge on any atom is 0.300 e. The molecule has 0 aromatic heterocycles. The van der Waals surface area contributed by atoms with Crippen molar-refractivity contribution in [1.29, 1.82) is 0 Å². The quantitative estimate of drug-likeness (QED) is 0.385. The first-order chi connectivity index (χ1) is 17.1. The maximum absolute atomic E-state index is 12.8. The van der Waals surface area contributed by atoms with E-state index in [-0.39, 0.29) is 48.9 Å². The standard InChI is InChI=1S/C25H38N4O7/c1-24(2)35-20-17(34-23(33-5)21(20)36-24)9-8-16(30)22(32)28-13-10-25(3,11-14-28)27-15-19(31)29-12-6-7-18(29)26-4/h17-18,20-21,23,27H,6-15H2,1-3,5H3/t17-,18+,20-,21-,23-/m1/s1. The van der Waals surface area contributed by atoms with Gasteiger partial charge in [0.1, 0.15) is 12.2 Å². The lowest BCUT2D eigenvalue weighted by Crippen LogP contribution is -2.55. The van der Waals surface area contributed by atoms with Crippen LogP contribution in [0.1, 0.15) is 59.3 Å². The number of nitrogens with one attached hydrogen (secondary N) is 1. The molecule has 0 aromatic rings. The predicted molar refractivity (Wildman–Crippen MR) is 127 cm³/mol. The number of carbonyl (C=O) groups is 3. The molecule has 0 saturated carbocycles. The topological polar surface area (TPSA) is 111 Å². The van der Waals surface area contributed by atoms with Crippen molar-refractivity contribution < 1.29 is 33.3 Å². The molecule has 2 amide bonds. The highest BCUT2D eigenvalue weighted by molar-refractivity contribution is 6.36. The number of rotatable bonds is 8. The third-order valence-electron chi connectivity index (χ3n) is 7.75. The molecule has 36 heavy (non-hydrogen) atoms. The fourth-order valence-corrected chi connectivity index (χ4v) is 5.57. The SMILES string of the molecule is [C-]#[N+][C@@H]1CCCN1C(=O)CNC1(C)CCN(C(=O)C(=O)CC[C@H]2O[C@@H](OC)[C@@H]3OC(C)(C)O[C@@H]32)CC1. The lowest BCUT2D eigenvalue weighted by Gasteiger charge is -2.40. The summed E-state index contributed by atoms with van der Waals surface area (Å²) in [4.78, 5) is 44.9. The van der Waals surface area contributed by atoms with Crippen molar-refractivity contribution >= 4 is 17.6 Å². The van der Waals surface area contributed by atoms with Crippen molar-refractivity contribution in [3.8, 4) is 0 Å². The molecule has 4 aliphatic rings. The highest BCUT2D eigenvalue weighted by Crippen LogP contribution is 2.40. The summed E-state index contributed by atoms with van der Waals surface area (Å²) in [5.74, 6) is -1.73. The Balaban J connectivity index is 1.21. The molecular formula is C25H38N4O7. The van der Waals surface area contributed by atoms with Crippen LogP contribution in [0.3, 0.4) is 0 Å². The van der Waals surface area contributed by atoms with Gasteiger partial charge in [0.05, 0.1) is 12.6 Å². The molecule has 200 valence electrons. The molecule has 1 N–H and O–H groups in total. The van der Waals surface area contributed by atoms with Gasteiger partial charge in [-0.25, -0.2) is 6.57 Å². The number of ketones is 1. The van der Waals surface area contributed by atoms with E-state index in [4.69, 9.17) is 25.5 Å². The van der Waals surface area contributed by atoms with Gasteiger partial charge in [0.25, 0.3) is 5.91 Å². The van der Waals surface area contributed by atoms with E-state index in [2.05, 4.69) is 10.2 Å². The van der Waals surface area contributed by atoms with E-state index in [0.717, 1.165) is 12.8 Å². The Morgan fingerprint density at radius 2 is 1.81 bits per heavy atom. The second-order valence-corrected chi connectivity index (χ2v) is 10.9. The van der Waals surface area contributed by atoms with E-state index in [0.29, 0.717) is 38.9 Å². The predicted octanol–water partition coefficient (Wildman–Crippen LogP) is 1.07. The number of methoxy groups -OCH3 is 1. The summed E-state index contributed by atoms with van der Waals surface area (Å²) in [5.41, 5.74) is -0.308. The number of likely N-dealkylation sites (tertiary alicyclic amines) is 2. The number of nitrogens with zero attached hydrogens (tertiary/aromatic N) is 3. The molecule has 0 bridgehead atoms. The zero-order valence-electron chi connectivity index (χ0n) is 21.7. The summed E-state index contributed by atoms with van der Waals surface area (Å²) in [6.07, 6.45) is 1.27. The Kier molecular flexibility index (Phi) is 8.02. The largest absolute Gasteiger partial charge is 0.353 e. The van der Waals surface area contributed by atoms with Gasteiger partial charge in [0.2, 0.25) is 11.7 Å². The number of Topliss-reactive ketones (excluding diaryl/α,β-unsaturated/α-hetero) is 1. The number of amides is 2. The van der Waals surface area contributed by atoms with E-state index < -0.39 is 23.8 Å². The third kappa shape index (κ3) is 5.73. The minimum Gasteiger partial charge on any atom is -0.353 e. The monoisotopic (exact) mass is 506 g/mol. The molecule has 0 aliphatic carbocycles. The van der Waals surface area contributed by atoms with Crippen LogP contribution in [-0.2, 0) is 33.3 Å².